The number of hydrogen-bond acceptors (Lipinski definition) is 6. The molecule has 0 bridgehead atoms. The van der Waals surface area contributed by atoms with E-state index in [1.807, 2.05) is 16.8 Å². The number of piperazine rings is 1. The highest BCUT2D eigenvalue weighted by Gasteiger charge is 2.36. The topological polar surface area (TPSA) is 105 Å². The van der Waals surface area contributed by atoms with E-state index in [1.54, 1.807) is 0 Å². The highest BCUT2D eigenvalue weighted by molar-refractivity contribution is 6.00. The van der Waals surface area contributed by atoms with Gasteiger partial charge in [-0.3, -0.25) is 14.9 Å². The Hall–Kier alpha value is -2.18. The molecule has 104 valence electrons. The first-order valence-corrected chi connectivity index (χ1v) is 6.24. The minimum atomic E-state index is -0.365. The highest BCUT2D eigenvalue weighted by Crippen LogP contribution is 2.26. The van der Waals surface area contributed by atoms with Crippen LogP contribution in [0.4, 0.5) is 0 Å². The maximum atomic E-state index is 11.9. The van der Waals surface area contributed by atoms with Gasteiger partial charge in [0.05, 0.1) is 11.4 Å². The molecular weight excluding hydrogens is 246 g/mol. The third kappa shape index (κ3) is 2.35. The van der Waals surface area contributed by atoms with Gasteiger partial charge in [0.15, 0.2) is 0 Å². The summed E-state index contributed by atoms with van der Waals surface area (Å²) in [6.07, 6.45) is 3.79. The summed E-state index contributed by atoms with van der Waals surface area (Å²) in [5.41, 5.74) is 12.8. The van der Waals surface area contributed by atoms with Crippen LogP contribution in [0.15, 0.2) is 23.8 Å². The number of carbonyl (C=O) groups is 2. The smallest absolute Gasteiger partial charge is 0.249 e. The molecule has 2 aliphatic heterocycles. The van der Waals surface area contributed by atoms with E-state index in [4.69, 9.17) is 11.5 Å². The highest BCUT2D eigenvalue weighted by atomic mass is 16.2. The molecule has 7 heteroatoms. The van der Waals surface area contributed by atoms with Crippen LogP contribution in [-0.4, -0.2) is 47.8 Å². The summed E-state index contributed by atoms with van der Waals surface area (Å²) < 4.78 is 0. The quantitative estimate of drug-likeness (QED) is 0.506. The average molecular weight is 265 g/mol. The molecule has 0 spiro atoms. The molecule has 0 saturated carbocycles. The molecule has 0 radical (unpaired) electrons. The Morgan fingerprint density at radius 1 is 1.21 bits per heavy atom. The standard InChI is InChI=1S/C12H19N5O2/c1-16-4-5-17(10(7-14)9(16)6-13)8-2-3-11(18)15-12(8)19/h6-8H,2-5,13-14H2,1H3,(H,15,18,19)/b9-6+,10-7+. The van der Waals surface area contributed by atoms with Gasteiger partial charge in [-0.2, -0.15) is 0 Å². The van der Waals surface area contributed by atoms with Crippen molar-refractivity contribution in [3.05, 3.63) is 23.8 Å². The van der Waals surface area contributed by atoms with Crippen LogP contribution in [0.1, 0.15) is 12.8 Å². The van der Waals surface area contributed by atoms with Gasteiger partial charge in [0.25, 0.3) is 0 Å². The van der Waals surface area contributed by atoms with Crippen LogP contribution >= 0.6 is 0 Å². The third-order valence-electron chi connectivity index (χ3n) is 3.56. The first kappa shape index (κ1) is 13.3. The van der Waals surface area contributed by atoms with Crippen molar-refractivity contribution in [2.45, 2.75) is 18.9 Å². The predicted molar refractivity (Wildman–Crippen MR) is 70.0 cm³/mol. The fourth-order valence-electron chi connectivity index (χ4n) is 2.54. The number of carbonyl (C=O) groups excluding carboxylic acids is 2. The first-order chi connectivity index (χ1) is 9.08. The first-order valence-electron chi connectivity index (χ1n) is 6.24. The zero-order valence-electron chi connectivity index (χ0n) is 10.9. The van der Waals surface area contributed by atoms with Gasteiger partial charge < -0.3 is 21.3 Å². The van der Waals surface area contributed by atoms with E-state index >= 15 is 0 Å². The normalized spacial score (nSPS) is 29.0. The molecule has 2 aliphatic rings. The number of nitrogens with zero attached hydrogens (tertiary/aromatic N) is 2. The maximum Gasteiger partial charge on any atom is 0.249 e. The molecule has 2 fully saturated rings. The second-order valence-corrected chi connectivity index (χ2v) is 4.69. The largest absolute Gasteiger partial charge is 0.403 e. The second-order valence-electron chi connectivity index (χ2n) is 4.69. The molecule has 2 heterocycles. The number of nitrogens with one attached hydrogen (secondary N) is 1. The van der Waals surface area contributed by atoms with Crippen molar-refractivity contribution < 1.29 is 9.59 Å². The van der Waals surface area contributed by atoms with E-state index in [9.17, 15) is 9.59 Å². The van der Waals surface area contributed by atoms with E-state index < -0.39 is 0 Å². The molecule has 1 atom stereocenters. The summed E-state index contributed by atoms with van der Waals surface area (Å²) in [7, 11) is 1.92. The number of piperidine rings is 1. The van der Waals surface area contributed by atoms with Gasteiger partial charge in [-0.15, -0.1) is 0 Å². The van der Waals surface area contributed by atoms with Crippen molar-refractivity contribution in [3.63, 3.8) is 0 Å². The second kappa shape index (κ2) is 5.21. The lowest BCUT2D eigenvalue weighted by molar-refractivity contribution is -0.137. The number of imide groups is 1. The monoisotopic (exact) mass is 265 g/mol. The van der Waals surface area contributed by atoms with Crippen molar-refractivity contribution in [2.75, 3.05) is 20.1 Å². The molecule has 0 aromatic rings. The van der Waals surface area contributed by atoms with Crippen molar-refractivity contribution in [1.29, 1.82) is 0 Å². The summed E-state index contributed by atoms with van der Waals surface area (Å²) in [4.78, 5) is 27.0. The zero-order valence-corrected chi connectivity index (χ0v) is 10.9. The van der Waals surface area contributed by atoms with Gasteiger partial charge in [-0.25, -0.2) is 0 Å². The Morgan fingerprint density at radius 3 is 2.47 bits per heavy atom. The van der Waals surface area contributed by atoms with Crippen LogP contribution < -0.4 is 16.8 Å². The summed E-state index contributed by atoms with van der Waals surface area (Å²) in [6.45, 7) is 1.42. The van der Waals surface area contributed by atoms with Crippen LogP contribution in [-0.2, 0) is 9.59 Å². The SMILES string of the molecule is CN1CCN(C2CCC(=O)NC2=O)C(=C/N)/C1=C\N. The lowest BCUT2D eigenvalue weighted by Gasteiger charge is -2.43. The van der Waals surface area contributed by atoms with Gasteiger partial charge in [0.1, 0.15) is 6.04 Å². The van der Waals surface area contributed by atoms with Gasteiger partial charge in [0.2, 0.25) is 11.8 Å². The summed E-state index contributed by atoms with van der Waals surface area (Å²) in [5, 5.41) is 2.36. The molecular formula is C12H19N5O2. The Morgan fingerprint density at radius 2 is 1.89 bits per heavy atom. The number of rotatable bonds is 1. The minimum absolute atomic E-state index is 0.219. The summed E-state index contributed by atoms with van der Waals surface area (Å²) in [6, 6.07) is -0.365. The molecule has 0 aliphatic carbocycles. The zero-order chi connectivity index (χ0) is 14.0. The van der Waals surface area contributed by atoms with Gasteiger partial charge >= 0.3 is 0 Å². The molecule has 5 N–H and O–H groups in total. The fourth-order valence-corrected chi connectivity index (χ4v) is 2.54. The average Bonchev–Trinajstić information content (AvgIpc) is 2.39. The van der Waals surface area contributed by atoms with E-state index in [2.05, 4.69) is 5.32 Å². The van der Waals surface area contributed by atoms with Crippen molar-refractivity contribution in [2.24, 2.45) is 11.5 Å². The molecule has 7 nitrogen and oxygen atoms in total. The van der Waals surface area contributed by atoms with E-state index in [0.29, 0.717) is 19.4 Å². The molecule has 2 saturated heterocycles. The van der Waals surface area contributed by atoms with Crippen molar-refractivity contribution in [3.8, 4) is 0 Å². The summed E-state index contributed by atoms with van der Waals surface area (Å²) >= 11 is 0. The molecule has 1 unspecified atom stereocenters. The molecule has 19 heavy (non-hydrogen) atoms. The number of likely N-dealkylation sites (N-methyl/N-ethyl adjacent to an activating group) is 1. The van der Waals surface area contributed by atoms with E-state index in [-0.39, 0.29) is 17.9 Å². The van der Waals surface area contributed by atoms with Crippen LogP contribution in [0.5, 0.6) is 0 Å². The maximum absolute atomic E-state index is 11.9. The van der Waals surface area contributed by atoms with E-state index in [1.165, 1.54) is 12.4 Å². The fraction of sp³-hybridized carbons (Fsp3) is 0.500. The molecule has 2 rings (SSSR count). The molecule has 0 aromatic heterocycles. The van der Waals surface area contributed by atoms with Gasteiger partial charge in [0, 0.05) is 39.0 Å². The number of nitrogens with two attached hydrogens (primary N) is 2. The van der Waals surface area contributed by atoms with Crippen molar-refractivity contribution in [1.82, 2.24) is 15.1 Å². The van der Waals surface area contributed by atoms with Crippen LogP contribution in [0.25, 0.3) is 0 Å². The minimum Gasteiger partial charge on any atom is -0.403 e. The lowest BCUT2D eigenvalue weighted by Crippen LogP contribution is -2.56. The van der Waals surface area contributed by atoms with Crippen molar-refractivity contribution >= 4 is 11.8 Å². The van der Waals surface area contributed by atoms with Crippen LogP contribution in [0.3, 0.4) is 0 Å². The Bertz CT molecular complexity index is 457. The van der Waals surface area contributed by atoms with Crippen LogP contribution in [0.2, 0.25) is 0 Å². The van der Waals surface area contributed by atoms with E-state index in [0.717, 1.165) is 17.9 Å². The number of amides is 2. The number of hydrogen-bond donors (Lipinski definition) is 3. The van der Waals surface area contributed by atoms with Crippen LogP contribution in [0, 0.1) is 0 Å². The predicted octanol–water partition coefficient (Wildman–Crippen LogP) is -1.36. The Labute approximate surface area is 111 Å². The molecule has 0 aromatic carbocycles. The Kier molecular flexibility index (Phi) is 3.64. The summed E-state index contributed by atoms with van der Waals surface area (Å²) in [5.74, 6) is -0.486. The third-order valence-corrected chi connectivity index (χ3v) is 3.56. The lowest BCUT2D eigenvalue weighted by atomic mass is 10.0. The molecule has 2 amide bonds. The van der Waals surface area contributed by atoms with Gasteiger partial charge in [-0.1, -0.05) is 0 Å². The van der Waals surface area contributed by atoms with Gasteiger partial charge in [-0.05, 0) is 6.42 Å². The Balaban J connectivity index is 2.24.